The van der Waals surface area contributed by atoms with Crippen LogP contribution < -0.4 is 10.5 Å². The van der Waals surface area contributed by atoms with Crippen molar-refractivity contribution in [3.05, 3.63) is 81.1 Å². The molecule has 152 valence electrons. The third-order valence-corrected chi connectivity index (χ3v) is 6.81. The number of aryl methyl sites for hydroxylation is 1. The zero-order valence-corrected chi connectivity index (χ0v) is 17.6. The number of hydrogen-bond donors (Lipinski definition) is 1. The average Bonchev–Trinajstić information content (AvgIpc) is 3.20. The molecule has 4 heterocycles. The summed E-state index contributed by atoms with van der Waals surface area (Å²) in [5, 5.41) is 0.514. The lowest BCUT2D eigenvalue weighted by molar-refractivity contribution is -0.917. The van der Waals surface area contributed by atoms with Crippen molar-refractivity contribution < 1.29 is 9.69 Å². The van der Waals surface area contributed by atoms with Gasteiger partial charge in [0.15, 0.2) is 0 Å². The number of fused-ring (bicyclic) bond motifs is 2. The number of pyridine rings is 1. The highest BCUT2D eigenvalue weighted by Crippen LogP contribution is 2.24. The quantitative estimate of drug-likeness (QED) is 0.551. The summed E-state index contributed by atoms with van der Waals surface area (Å²) in [4.78, 5) is 35.2. The number of carbonyl (C=O) groups is 1. The van der Waals surface area contributed by atoms with Crippen LogP contribution in [0.5, 0.6) is 0 Å². The third-order valence-electron chi connectivity index (χ3n) is 5.80. The van der Waals surface area contributed by atoms with E-state index in [9.17, 15) is 9.59 Å². The van der Waals surface area contributed by atoms with E-state index in [-0.39, 0.29) is 11.5 Å². The van der Waals surface area contributed by atoms with Gasteiger partial charge in [0.2, 0.25) is 0 Å². The maximum atomic E-state index is 13.1. The molecule has 1 aliphatic rings. The normalized spacial score (nSPS) is 15.2. The van der Waals surface area contributed by atoms with Gasteiger partial charge in [0.25, 0.3) is 11.5 Å². The molecule has 5 rings (SSSR count). The van der Waals surface area contributed by atoms with E-state index in [1.54, 1.807) is 16.7 Å². The number of carbonyl (C=O) groups excluding carboxylic acids is 1. The van der Waals surface area contributed by atoms with Crippen LogP contribution in [-0.4, -0.2) is 46.4 Å². The van der Waals surface area contributed by atoms with Crippen LogP contribution in [0.3, 0.4) is 0 Å². The smallest absolute Gasteiger partial charge is 0.266 e. The molecule has 1 amide bonds. The molecule has 3 aromatic heterocycles. The number of quaternary nitrogens is 1. The Balaban J connectivity index is 1.35. The molecule has 1 aliphatic heterocycles. The van der Waals surface area contributed by atoms with Gasteiger partial charge in [-0.2, -0.15) is 0 Å². The van der Waals surface area contributed by atoms with E-state index in [0.29, 0.717) is 20.7 Å². The molecular formula is C23H23N4O2S+. The molecule has 0 atom stereocenters. The topological polar surface area (TPSA) is 59.1 Å². The predicted octanol–water partition coefficient (Wildman–Crippen LogP) is 1.76. The Morgan fingerprint density at radius 2 is 1.90 bits per heavy atom. The average molecular weight is 420 g/mol. The molecule has 1 N–H and O–H groups in total. The highest BCUT2D eigenvalue weighted by Gasteiger charge is 2.26. The van der Waals surface area contributed by atoms with Crippen molar-refractivity contribution in [1.29, 1.82) is 0 Å². The summed E-state index contributed by atoms with van der Waals surface area (Å²) in [5.74, 6) is 0.00180. The molecule has 0 radical (unpaired) electrons. The molecule has 0 spiro atoms. The number of nitrogens with zero attached hydrogens (tertiary/aromatic N) is 3. The molecule has 0 aliphatic carbocycles. The van der Waals surface area contributed by atoms with Crippen molar-refractivity contribution >= 4 is 33.1 Å². The maximum Gasteiger partial charge on any atom is 0.266 e. The summed E-state index contributed by atoms with van der Waals surface area (Å²) in [5.41, 5.74) is 2.79. The highest BCUT2D eigenvalue weighted by atomic mass is 32.1. The Bertz CT molecular complexity index is 1290. The third kappa shape index (κ3) is 3.40. The van der Waals surface area contributed by atoms with Gasteiger partial charge in [0.1, 0.15) is 17.0 Å². The first-order chi connectivity index (χ1) is 14.6. The van der Waals surface area contributed by atoms with Gasteiger partial charge in [0, 0.05) is 11.8 Å². The molecule has 6 nitrogen and oxygen atoms in total. The molecule has 1 aromatic carbocycles. The highest BCUT2D eigenvalue weighted by molar-refractivity contribution is 7.20. The minimum atomic E-state index is -0.119. The van der Waals surface area contributed by atoms with Gasteiger partial charge in [-0.15, -0.1) is 11.3 Å². The van der Waals surface area contributed by atoms with Crippen molar-refractivity contribution in [2.24, 2.45) is 0 Å². The van der Waals surface area contributed by atoms with Crippen LogP contribution >= 0.6 is 11.3 Å². The van der Waals surface area contributed by atoms with E-state index >= 15 is 0 Å². The van der Waals surface area contributed by atoms with Gasteiger partial charge in [0.05, 0.1) is 36.4 Å². The number of thiophene rings is 1. The lowest BCUT2D eigenvalue weighted by Gasteiger charge is -2.32. The Labute approximate surface area is 178 Å². The first kappa shape index (κ1) is 19.0. The second-order valence-corrected chi connectivity index (χ2v) is 8.87. The van der Waals surface area contributed by atoms with Crippen molar-refractivity contribution in [3.8, 4) is 0 Å². The van der Waals surface area contributed by atoms with E-state index in [0.717, 1.165) is 38.3 Å². The lowest BCUT2D eigenvalue weighted by atomic mass is 10.2. The second-order valence-electron chi connectivity index (χ2n) is 7.84. The zero-order valence-electron chi connectivity index (χ0n) is 16.8. The number of rotatable bonds is 3. The van der Waals surface area contributed by atoms with Crippen molar-refractivity contribution in [1.82, 2.24) is 14.3 Å². The molecular weight excluding hydrogens is 396 g/mol. The van der Waals surface area contributed by atoms with Gasteiger partial charge in [-0.1, -0.05) is 36.4 Å². The molecule has 1 fully saturated rings. The van der Waals surface area contributed by atoms with Crippen LogP contribution in [0.2, 0.25) is 0 Å². The predicted molar refractivity (Wildman–Crippen MR) is 118 cm³/mol. The Hall–Kier alpha value is -3.03. The minimum absolute atomic E-state index is 0.00180. The second kappa shape index (κ2) is 7.66. The number of aromatic nitrogens is 2. The molecule has 0 saturated carbocycles. The van der Waals surface area contributed by atoms with Gasteiger partial charge < -0.3 is 9.80 Å². The summed E-state index contributed by atoms with van der Waals surface area (Å²) in [6, 6.07) is 16.0. The van der Waals surface area contributed by atoms with E-state index in [1.807, 2.05) is 30.0 Å². The summed E-state index contributed by atoms with van der Waals surface area (Å²) in [6.45, 7) is 6.22. The Morgan fingerprint density at radius 1 is 1.13 bits per heavy atom. The lowest BCUT2D eigenvalue weighted by Crippen LogP contribution is -3.13. The van der Waals surface area contributed by atoms with E-state index in [4.69, 9.17) is 0 Å². The van der Waals surface area contributed by atoms with E-state index in [2.05, 4.69) is 29.2 Å². The molecule has 4 aromatic rings. The monoisotopic (exact) mass is 419 g/mol. The first-order valence-electron chi connectivity index (χ1n) is 10.2. The summed E-state index contributed by atoms with van der Waals surface area (Å²) < 4.78 is 1.56. The van der Waals surface area contributed by atoms with Gasteiger partial charge in [-0.3, -0.25) is 14.0 Å². The van der Waals surface area contributed by atoms with Crippen molar-refractivity contribution in [2.75, 3.05) is 26.2 Å². The maximum absolute atomic E-state index is 13.1. The first-order valence-corrected chi connectivity index (χ1v) is 11.0. The van der Waals surface area contributed by atoms with Gasteiger partial charge in [-0.05, 0) is 24.6 Å². The minimum Gasteiger partial charge on any atom is -0.328 e. The molecule has 1 saturated heterocycles. The summed E-state index contributed by atoms with van der Waals surface area (Å²) in [6.07, 6.45) is 1.73. The summed E-state index contributed by atoms with van der Waals surface area (Å²) in [7, 11) is 0. The summed E-state index contributed by atoms with van der Waals surface area (Å²) >= 11 is 1.32. The van der Waals surface area contributed by atoms with Crippen LogP contribution in [0.4, 0.5) is 0 Å². The SMILES string of the molecule is Cc1cccn2c(=O)c3cc(C(=O)N4CC[NH+](Cc5ccccc5)CC4)sc3nc12. The zero-order chi connectivity index (χ0) is 20.7. The number of piperazine rings is 1. The van der Waals surface area contributed by atoms with Crippen LogP contribution in [0, 0.1) is 6.92 Å². The molecule has 0 unspecified atom stereocenters. The van der Waals surface area contributed by atoms with E-state index in [1.165, 1.54) is 21.8 Å². The van der Waals surface area contributed by atoms with E-state index < -0.39 is 0 Å². The fourth-order valence-electron chi connectivity index (χ4n) is 4.11. The number of benzene rings is 1. The number of amides is 1. The van der Waals surface area contributed by atoms with Crippen LogP contribution in [0.1, 0.15) is 20.8 Å². The molecule has 7 heteroatoms. The molecule has 30 heavy (non-hydrogen) atoms. The fourth-order valence-corrected chi connectivity index (χ4v) is 5.10. The number of nitrogens with one attached hydrogen (secondary N) is 1. The van der Waals surface area contributed by atoms with Gasteiger partial charge >= 0.3 is 0 Å². The Morgan fingerprint density at radius 3 is 2.67 bits per heavy atom. The van der Waals surface area contributed by atoms with Crippen molar-refractivity contribution in [2.45, 2.75) is 13.5 Å². The van der Waals surface area contributed by atoms with Crippen LogP contribution in [-0.2, 0) is 6.54 Å². The fraction of sp³-hybridized carbons (Fsp3) is 0.261. The largest absolute Gasteiger partial charge is 0.328 e. The Kier molecular flexibility index (Phi) is 4.84. The van der Waals surface area contributed by atoms with Crippen molar-refractivity contribution in [3.63, 3.8) is 0 Å². The van der Waals surface area contributed by atoms with Crippen LogP contribution in [0.15, 0.2) is 59.5 Å². The standard InChI is InChI=1S/C23H22N4O2S/c1-16-6-5-9-27-20(16)24-21-18(22(27)28)14-19(30-21)23(29)26-12-10-25(11-13-26)15-17-7-3-2-4-8-17/h2-9,14H,10-13,15H2,1H3/p+1. The molecule has 0 bridgehead atoms. The van der Waals surface area contributed by atoms with Gasteiger partial charge in [-0.25, -0.2) is 4.98 Å². The number of hydrogen-bond acceptors (Lipinski definition) is 4. The van der Waals surface area contributed by atoms with Crippen LogP contribution in [0.25, 0.3) is 15.9 Å².